The molecule has 1 aromatic heterocycles. The minimum atomic E-state index is 0.748. The predicted molar refractivity (Wildman–Crippen MR) is 81.5 cm³/mol. The van der Waals surface area contributed by atoms with Gasteiger partial charge in [-0.2, -0.15) is 4.68 Å². The van der Waals surface area contributed by atoms with E-state index < -0.39 is 0 Å². The quantitative estimate of drug-likeness (QED) is 0.793. The van der Waals surface area contributed by atoms with E-state index in [1.165, 1.54) is 18.4 Å². The Balaban J connectivity index is 1.62. The molecule has 0 amide bonds. The lowest BCUT2D eigenvalue weighted by atomic mass is 9.86. The Morgan fingerprint density at radius 2 is 1.67 bits per heavy atom. The third-order valence-corrected chi connectivity index (χ3v) is 4.64. The lowest BCUT2D eigenvalue weighted by molar-refractivity contribution is 0.411. The molecular formula is C16H19N5. The first kappa shape index (κ1) is 12.6. The maximum absolute atomic E-state index is 4.26. The average Bonchev–Trinajstić information content (AvgIpc) is 3.14. The van der Waals surface area contributed by atoms with Gasteiger partial charge in [-0.05, 0) is 54.2 Å². The molecule has 5 heteroatoms. The molecule has 108 valence electrons. The number of fused-ring (bicyclic) bond motifs is 1. The van der Waals surface area contributed by atoms with E-state index in [0.717, 1.165) is 36.6 Å². The van der Waals surface area contributed by atoms with Crippen molar-refractivity contribution in [2.24, 2.45) is 11.8 Å². The van der Waals surface area contributed by atoms with Crippen LogP contribution in [0, 0.1) is 18.8 Å². The number of nitrogens with zero attached hydrogens (tertiary/aromatic N) is 5. The van der Waals surface area contributed by atoms with E-state index in [1.54, 1.807) is 0 Å². The number of tetrazole rings is 1. The van der Waals surface area contributed by atoms with Crippen LogP contribution in [0.15, 0.2) is 36.4 Å². The van der Waals surface area contributed by atoms with Crippen LogP contribution in [-0.4, -0.2) is 33.3 Å². The molecule has 1 saturated heterocycles. The zero-order valence-corrected chi connectivity index (χ0v) is 12.2. The molecule has 1 aliphatic carbocycles. The van der Waals surface area contributed by atoms with Crippen LogP contribution in [0.4, 0.5) is 5.95 Å². The molecule has 1 fully saturated rings. The van der Waals surface area contributed by atoms with Crippen LogP contribution < -0.4 is 4.90 Å². The Bertz CT molecular complexity index is 642. The summed E-state index contributed by atoms with van der Waals surface area (Å²) in [6.07, 6.45) is 7.00. The summed E-state index contributed by atoms with van der Waals surface area (Å²) in [5.41, 5.74) is 2.26. The molecule has 0 N–H and O–H groups in total. The van der Waals surface area contributed by atoms with Crippen LogP contribution in [0.5, 0.6) is 0 Å². The molecule has 2 heterocycles. The van der Waals surface area contributed by atoms with E-state index in [-0.39, 0.29) is 0 Å². The molecule has 1 aromatic carbocycles. The van der Waals surface area contributed by atoms with Crippen LogP contribution in [0.3, 0.4) is 0 Å². The molecule has 21 heavy (non-hydrogen) atoms. The standard InChI is InChI=1S/C16H19N5/c1-12-6-8-15(9-7-12)21-16(17-18-19-21)20-10-13-4-2-3-5-14(13)11-20/h2-3,6-9,13-14H,4-5,10-11H2,1H3. The van der Waals surface area contributed by atoms with E-state index in [9.17, 15) is 0 Å². The lowest BCUT2D eigenvalue weighted by Gasteiger charge is -2.17. The molecule has 2 atom stereocenters. The zero-order chi connectivity index (χ0) is 14.2. The number of hydrogen-bond acceptors (Lipinski definition) is 4. The average molecular weight is 281 g/mol. The van der Waals surface area contributed by atoms with Crippen molar-refractivity contribution >= 4 is 5.95 Å². The molecule has 0 radical (unpaired) electrons. The van der Waals surface area contributed by atoms with E-state index in [4.69, 9.17) is 0 Å². The Morgan fingerprint density at radius 1 is 1.00 bits per heavy atom. The van der Waals surface area contributed by atoms with Gasteiger partial charge in [0.1, 0.15) is 0 Å². The minimum Gasteiger partial charge on any atom is -0.339 e. The van der Waals surface area contributed by atoms with Crippen LogP contribution in [-0.2, 0) is 0 Å². The van der Waals surface area contributed by atoms with Crippen LogP contribution >= 0.6 is 0 Å². The second kappa shape index (κ2) is 4.98. The second-order valence-electron chi connectivity index (χ2n) is 6.09. The summed E-state index contributed by atoms with van der Waals surface area (Å²) in [6, 6.07) is 8.32. The smallest absolute Gasteiger partial charge is 0.250 e. The number of aryl methyl sites for hydroxylation is 1. The maximum Gasteiger partial charge on any atom is 0.250 e. The first-order valence-corrected chi connectivity index (χ1v) is 7.56. The van der Waals surface area contributed by atoms with Crippen molar-refractivity contribution in [1.82, 2.24) is 20.2 Å². The molecule has 0 spiro atoms. The first-order chi connectivity index (χ1) is 10.3. The highest BCUT2D eigenvalue weighted by atomic mass is 15.6. The zero-order valence-electron chi connectivity index (χ0n) is 12.2. The van der Waals surface area contributed by atoms with Gasteiger partial charge in [0.25, 0.3) is 0 Å². The largest absolute Gasteiger partial charge is 0.339 e. The van der Waals surface area contributed by atoms with Gasteiger partial charge < -0.3 is 4.90 Å². The first-order valence-electron chi connectivity index (χ1n) is 7.56. The number of rotatable bonds is 2. The van der Waals surface area contributed by atoms with Gasteiger partial charge in [-0.15, -0.1) is 0 Å². The fraction of sp³-hybridized carbons (Fsp3) is 0.438. The summed E-state index contributed by atoms with van der Waals surface area (Å²) in [5, 5.41) is 12.3. The summed E-state index contributed by atoms with van der Waals surface area (Å²) in [7, 11) is 0. The maximum atomic E-state index is 4.26. The van der Waals surface area contributed by atoms with Crippen LogP contribution in [0.25, 0.3) is 5.69 Å². The molecular weight excluding hydrogens is 262 g/mol. The fourth-order valence-electron chi connectivity index (χ4n) is 3.41. The Morgan fingerprint density at radius 3 is 2.33 bits per heavy atom. The van der Waals surface area contributed by atoms with Gasteiger partial charge >= 0.3 is 0 Å². The lowest BCUT2D eigenvalue weighted by Crippen LogP contribution is -2.23. The Hall–Kier alpha value is -2.17. The van der Waals surface area contributed by atoms with Crippen molar-refractivity contribution in [2.75, 3.05) is 18.0 Å². The monoisotopic (exact) mass is 281 g/mol. The number of aromatic nitrogens is 4. The third-order valence-electron chi connectivity index (χ3n) is 4.64. The normalized spacial score (nSPS) is 24.3. The van der Waals surface area contributed by atoms with Crippen LogP contribution in [0.1, 0.15) is 18.4 Å². The highest BCUT2D eigenvalue weighted by Gasteiger charge is 2.35. The third kappa shape index (κ3) is 2.22. The topological polar surface area (TPSA) is 46.8 Å². The van der Waals surface area contributed by atoms with E-state index in [0.29, 0.717) is 0 Å². The van der Waals surface area contributed by atoms with Crippen molar-refractivity contribution in [3.05, 3.63) is 42.0 Å². The molecule has 2 unspecified atom stereocenters. The number of hydrogen-bond donors (Lipinski definition) is 0. The Kier molecular flexibility index (Phi) is 2.98. The van der Waals surface area contributed by atoms with E-state index in [1.807, 2.05) is 4.68 Å². The van der Waals surface area contributed by atoms with Gasteiger partial charge in [0.15, 0.2) is 0 Å². The molecule has 0 bridgehead atoms. The molecule has 4 rings (SSSR count). The van der Waals surface area contributed by atoms with E-state index >= 15 is 0 Å². The van der Waals surface area contributed by atoms with Crippen molar-refractivity contribution < 1.29 is 0 Å². The van der Waals surface area contributed by atoms with Gasteiger partial charge in [-0.3, -0.25) is 0 Å². The SMILES string of the molecule is Cc1ccc(-n2nnnc2N2CC3CC=CCC3C2)cc1. The van der Waals surface area contributed by atoms with Gasteiger partial charge in [-0.25, -0.2) is 0 Å². The van der Waals surface area contributed by atoms with Crippen molar-refractivity contribution in [3.8, 4) is 5.69 Å². The van der Waals surface area contributed by atoms with E-state index in [2.05, 4.69) is 63.8 Å². The highest BCUT2D eigenvalue weighted by Crippen LogP contribution is 2.34. The van der Waals surface area contributed by atoms with Gasteiger partial charge in [-0.1, -0.05) is 34.9 Å². The number of allylic oxidation sites excluding steroid dienone is 2. The number of benzene rings is 1. The summed E-state index contributed by atoms with van der Waals surface area (Å²) in [4.78, 5) is 2.34. The fourth-order valence-corrected chi connectivity index (χ4v) is 3.41. The minimum absolute atomic E-state index is 0.748. The summed E-state index contributed by atoms with van der Waals surface area (Å²) in [5.74, 6) is 2.37. The summed E-state index contributed by atoms with van der Waals surface area (Å²) >= 11 is 0. The summed E-state index contributed by atoms with van der Waals surface area (Å²) < 4.78 is 1.85. The van der Waals surface area contributed by atoms with Crippen molar-refractivity contribution in [3.63, 3.8) is 0 Å². The van der Waals surface area contributed by atoms with Gasteiger partial charge in [0, 0.05) is 13.1 Å². The highest BCUT2D eigenvalue weighted by molar-refractivity contribution is 5.42. The molecule has 5 nitrogen and oxygen atoms in total. The molecule has 2 aliphatic rings. The summed E-state index contributed by atoms with van der Waals surface area (Å²) in [6.45, 7) is 4.20. The van der Waals surface area contributed by atoms with Crippen molar-refractivity contribution in [1.29, 1.82) is 0 Å². The predicted octanol–water partition coefficient (Wildman–Crippen LogP) is 2.37. The van der Waals surface area contributed by atoms with Crippen molar-refractivity contribution in [2.45, 2.75) is 19.8 Å². The second-order valence-corrected chi connectivity index (χ2v) is 6.09. The molecule has 1 aliphatic heterocycles. The van der Waals surface area contributed by atoms with Gasteiger partial charge in [0.05, 0.1) is 5.69 Å². The molecule has 0 saturated carbocycles. The molecule has 2 aromatic rings. The van der Waals surface area contributed by atoms with Gasteiger partial charge in [0.2, 0.25) is 5.95 Å². The number of anilines is 1. The Labute approximate surface area is 124 Å². The van der Waals surface area contributed by atoms with Crippen LogP contribution in [0.2, 0.25) is 0 Å².